The average Bonchev–Trinajstić information content (AvgIpc) is 3.48. The summed E-state index contributed by atoms with van der Waals surface area (Å²) in [6.07, 6.45) is 6.70. The molecule has 0 spiro atoms. The van der Waals surface area contributed by atoms with E-state index in [4.69, 9.17) is 4.74 Å². The lowest BCUT2D eigenvalue weighted by Crippen LogP contribution is -2.41. The van der Waals surface area contributed by atoms with Crippen LogP contribution in [0.1, 0.15) is 48.7 Å². The molecule has 0 N–H and O–H groups in total. The third kappa shape index (κ3) is 4.59. The zero-order chi connectivity index (χ0) is 18.6. The van der Waals surface area contributed by atoms with Crippen molar-refractivity contribution < 1.29 is 9.53 Å². The summed E-state index contributed by atoms with van der Waals surface area (Å²) in [6, 6.07) is 10.00. The monoisotopic (exact) mass is 367 g/mol. The molecule has 2 heterocycles. The van der Waals surface area contributed by atoms with Crippen molar-refractivity contribution in [2.24, 2.45) is 5.92 Å². The lowest BCUT2D eigenvalue weighted by molar-refractivity contribution is -0.138. The van der Waals surface area contributed by atoms with Gasteiger partial charge in [0.05, 0.1) is 6.61 Å². The largest absolute Gasteiger partial charge is 0.367 e. The predicted octanol–water partition coefficient (Wildman–Crippen LogP) is 3.52. The minimum absolute atomic E-state index is 0.113. The fourth-order valence-electron chi connectivity index (χ4n) is 3.93. The number of benzene rings is 1. The molecule has 1 aromatic carbocycles. The van der Waals surface area contributed by atoms with Gasteiger partial charge in [-0.25, -0.2) is 4.98 Å². The third-order valence-corrected chi connectivity index (χ3v) is 5.77. The van der Waals surface area contributed by atoms with Gasteiger partial charge in [0.15, 0.2) is 0 Å². The molecule has 2 fully saturated rings. The Labute approximate surface area is 161 Å². The molecule has 2 aliphatic rings. The summed E-state index contributed by atoms with van der Waals surface area (Å²) in [5.41, 5.74) is 2.37. The third-order valence-electron chi connectivity index (χ3n) is 5.77. The zero-order valence-electron chi connectivity index (χ0n) is 16.1. The number of hydrogen-bond donors (Lipinski definition) is 0. The second-order valence-corrected chi connectivity index (χ2v) is 7.95. The smallest absolute Gasteiger partial charge is 0.248 e. The Balaban J connectivity index is 1.22. The zero-order valence-corrected chi connectivity index (χ0v) is 16.1. The number of nitrogens with zero attached hydrogens (tertiary/aromatic N) is 3. The molecule has 0 unspecified atom stereocenters. The summed E-state index contributed by atoms with van der Waals surface area (Å²) in [4.78, 5) is 19.0. The Morgan fingerprint density at radius 1 is 1.15 bits per heavy atom. The number of carbonyl (C=O) groups excluding carboxylic acids is 1. The Hall–Kier alpha value is -2.14. The molecule has 27 heavy (non-hydrogen) atoms. The molecule has 5 heteroatoms. The quantitative estimate of drug-likeness (QED) is 0.752. The highest BCUT2D eigenvalue weighted by atomic mass is 16.5. The van der Waals surface area contributed by atoms with Gasteiger partial charge in [0, 0.05) is 37.4 Å². The first-order valence-corrected chi connectivity index (χ1v) is 10.1. The molecule has 1 aliphatic carbocycles. The maximum absolute atomic E-state index is 12.4. The first-order chi connectivity index (χ1) is 13.2. The van der Waals surface area contributed by atoms with Crippen molar-refractivity contribution in [2.45, 2.75) is 51.7 Å². The molecular formula is C22H29N3O2. The molecule has 5 nitrogen and oxygen atoms in total. The summed E-state index contributed by atoms with van der Waals surface area (Å²) in [7, 11) is 0. The molecule has 1 saturated heterocycles. The number of amides is 1. The van der Waals surface area contributed by atoms with E-state index >= 15 is 0 Å². The second kappa shape index (κ2) is 8.26. The summed E-state index contributed by atoms with van der Waals surface area (Å²) < 4.78 is 8.03. The van der Waals surface area contributed by atoms with Crippen LogP contribution in [0.25, 0.3) is 0 Å². The molecule has 1 saturated carbocycles. The van der Waals surface area contributed by atoms with Crippen LogP contribution in [0.2, 0.25) is 0 Å². The van der Waals surface area contributed by atoms with Crippen LogP contribution >= 0.6 is 0 Å². The van der Waals surface area contributed by atoms with Crippen LogP contribution in [0.5, 0.6) is 0 Å². The summed E-state index contributed by atoms with van der Waals surface area (Å²) in [6.45, 7) is 5.54. The van der Waals surface area contributed by atoms with Gasteiger partial charge in [0.25, 0.3) is 0 Å². The Morgan fingerprint density at radius 3 is 2.59 bits per heavy atom. The standard InChI is InChI=1S/C22H29N3O2/c1-17-13-23-22(20-7-8-20)25(17)14-18-9-11-24(12-10-18)21(26)16-27-15-19-5-3-2-4-6-19/h2-6,13,18,20H,7-12,14-16H2,1H3. The maximum Gasteiger partial charge on any atom is 0.248 e. The van der Waals surface area contributed by atoms with E-state index in [0.29, 0.717) is 18.4 Å². The Kier molecular flexibility index (Phi) is 5.58. The van der Waals surface area contributed by atoms with Crippen LogP contribution in [-0.2, 0) is 22.7 Å². The predicted molar refractivity (Wildman–Crippen MR) is 104 cm³/mol. The van der Waals surface area contributed by atoms with E-state index in [-0.39, 0.29) is 12.5 Å². The molecule has 0 atom stereocenters. The van der Waals surface area contributed by atoms with Crippen molar-refractivity contribution in [2.75, 3.05) is 19.7 Å². The SMILES string of the molecule is Cc1cnc(C2CC2)n1CC1CCN(C(=O)COCc2ccccc2)CC1. The highest BCUT2D eigenvalue weighted by molar-refractivity contribution is 5.77. The number of aromatic nitrogens is 2. The summed E-state index contributed by atoms with van der Waals surface area (Å²) in [5, 5.41) is 0. The number of rotatable bonds is 7. The Morgan fingerprint density at radius 2 is 1.89 bits per heavy atom. The number of likely N-dealkylation sites (tertiary alicyclic amines) is 1. The van der Waals surface area contributed by atoms with Gasteiger partial charge in [-0.05, 0) is 44.1 Å². The molecule has 1 aromatic heterocycles. The molecule has 2 aromatic rings. The normalized spacial score (nSPS) is 18.0. The van der Waals surface area contributed by atoms with Crippen LogP contribution in [0.4, 0.5) is 0 Å². The van der Waals surface area contributed by atoms with Crippen LogP contribution in [0, 0.1) is 12.8 Å². The van der Waals surface area contributed by atoms with Gasteiger partial charge < -0.3 is 14.2 Å². The minimum Gasteiger partial charge on any atom is -0.367 e. The molecule has 1 aliphatic heterocycles. The van der Waals surface area contributed by atoms with E-state index in [9.17, 15) is 4.79 Å². The molecule has 4 rings (SSSR count). The van der Waals surface area contributed by atoms with Gasteiger partial charge in [-0.2, -0.15) is 0 Å². The van der Waals surface area contributed by atoms with Crippen molar-refractivity contribution >= 4 is 5.91 Å². The highest BCUT2D eigenvalue weighted by Crippen LogP contribution is 2.40. The van der Waals surface area contributed by atoms with Gasteiger partial charge >= 0.3 is 0 Å². The van der Waals surface area contributed by atoms with Crippen molar-refractivity contribution in [3.05, 3.63) is 53.6 Å². The number of aryl methyl sites for hydroxylation is 1. The molecule has 144 valence electrons. The van der Waals surface area contributed by atoms with E-state index in [1.54, 1.807) is 0 Å². The van der Waals surface area contributed by atoms with Gasteiger partial charge in [-0.3, -0.25) is 4.79 Å². The topological polar surface area (TPSA) is 47.4 Å². The molecular weight excluding hydrogens is 338 g/mol. The number of ether oxygens (including phenoxy) is 1. The summed E-state index contributed by atoms with van der Waals surface area (Å²) in [5.74, 6) is 2.70. The first-order valence-electron chi connectivity index (χ1n) is 10.1. The van der Waals surface area contributed by atoms with E-state index in [1.807, 2.05) is 41.4 Å². The van der Waals surface area contributed by atoms with Crippen LogP contribution < -0.4 is 0 Å². The number of carbonyl (C=O) groups is 1. The number of hydrogen-bond acceptors (Lipinski definition) is 3. The lowest BCUT2D eigenvalue weighted by atomic mass is 9.96. The number of piperidine rings is 1. The fraction of sp³-hybridized carbons (Fsp3) is 0.545. The fourth-order valence-corrected chi connectivity index (χ4v) is 3.93. The number of imidazole rings is 1. The molecule has 1 amide bonds. The molecule has 0 bridgehead atoms. The van der Waals surface area contributed by atoms with E-state index < -0.39 is 0 Å². The van der Waals surface area contributed by atoms with E-state index in [1.165, 1.54) is 24.4 Å². The van der Waals surface area contributed by atoms with Gasteiger partial charge in [0.2, 0.25) is 5.91 Å². The van der Waals surface area contributed by atoms with Crippen molar-refractivity contribution in [1.82, 2.24) is 14.5 Å². The van der Waals surface area contributed by atoms with Gasteiger partial charge in [-0.1, -0.05) is 30.3 Å². The van der Waals surface area contributed by atoms with Crippen LogP contribution in [-0.4, -0.2) is 40.1 Å². The maximum atomic E-state index is 12.4. The molecule has 0 radical (unpaired) electrons. The summed E-state index contributed by atoms with van der Waals surface area (Å²) >= 11 is 0. The van der Waals surface area contributed by atoms with E-state index in [2.05, 4.69) is 16.5 Å². The van der Waals surface area contributed by atoms with E-state index in [0.717, 1.165) is 38.0 Å². The first kappa shape index (κ1) is 18.2. The lowest BCUT2D eigenvalue weighted by Gasteiger charge is -2.32. The average molecular weight is 367 g/mol. The van der Waals surface area contributed by atoms with Crippen LogP contribution in [0.15, 0.2) is 36.5 Å². The van der Waals surface area contributed by atoms with Crippen LogP contribution in [0.3, 0.4) is 0 Å². The van der Waals surface area contributed by atoms with Gasteiger partial charge in [-0.15, -0.1) is 0 Å². The Bertz CT molecular complexity index is 759. The van der Waals surface area contributed by atoms with Crippen molar-refractivity contribution in [3.8, 4) is 0 Å². The van der Waals surface area contributed by atoms with Crippen molar-refractivity contribution in [1.29, 1.82) is 0 Å². The second-order valence-electron chi connectivity index (χ2n) is 7.95. The minimum atomic E-state index is 0.113. The highest BCUT2D eigenvalue weighted by Gasteiger charge is 2.30. The van der Waals surface area contributed by atoms with Crippen molar-refractivity contribution in [3.63, 3.8) is 0 Å². The van der Waals surface area contributed by atoms with Gasteiger partial charge in [0.1, 0.15) is 12.4 Å².